The summed E-state index contributed by atoms with van der Waals surface area (Å²) in [6, 6.07) is 134. The van der Waals surface area contributed by atoms with Gasteiger partial charge in [0.25, 0.3) is 0 Å². The number of rotatable bonds is 30. The first-order chi connectivity index (χ1) is 63.7. The van der Waals surface area contributed by atoms with E-state index >= 15 is 0 Å². The number of ether oxygens (including phenoxy) is 2. The molecule has 2 unspecified atom stereocenters. The third kappa shape index (κ3) is 16.4. The van der Waals surface area contributed by atoms with Gasteiger partial charge in [-0.3, -0.25) is 0 Å². The molecular formula is C124H106F2N2O2. The van der Waals surface area contributed by atoms with E-state index in [0.717, 1.165) is 153 Å². The number of nitrogens with zero attached hydrogens (tertiary/aromatic N) is 2. The Labute approximate surface area is 765 Å². The SMILES string of the molecule is C=Cc1ccc(Oc2ccc(C3(c4cc(C)ccc4C)c4ccccc4-c4ccc(N(c5ccc(-c6ccc(F)cc6)cc5)c5ccc(-c6cc(CCCCCC)c(-c7ccc(N(c8ccc(-c9ccc(F)cc9)cc8)c8ccc9c(c8)C(c8ccc(Oc%10ccc(C=C)cc%10)cc8)(c8cc(C)ccc8C)c8ccccc8-9)cc7)cc6CCCCCC)cc5)cc43)cc2)cc1. The van der Waals surface area contributed by atoms with Crippen molar-refractivity contribution in [2.45, 2.75) is 117 Å². The maximum Gasteiger partial charge on any atom is 0.127 e. The predicted molar refractivity (Wildman–Crippen MR) is 540 cm³/mol. The Hall–Kier alpha value is -14.7. The van der Waals surface area contributed by atoms with Crippen LogP contribution in [0.5, 0.6) is 23.0 Å². The quantitative estimate of drug-likeness (QED) is 0.0419. The molecule has 638 valence electrons. The molecule has 0 heterocycles. The van der Waals surface area contributed by atoms with Crippen molar-refractivity contribution in [3.05, 3.63) is 490 Å². The van der Waals surface area contributed by atoms with Gasteiger partial charge in [-0.2, -0.15) is 0 Å². The molecule has 0 radical (unpaired) electrons. The standard InChI is InChI=1S/C124H106F2N2O2/c1-9-13-15-17-23-95-79-116(94-47-63-104(64-48-94)128(102-59-43-92(44-60-102)90-39-55-100(126)56-40-90)106-66-76-114-112-26-20-22-28-118(112)124(122(114)82-106,120-78-84(6)30-32-86(120)8)98-51-73-110(74-52-98)130-108-69-35-88(12-4)36-70-108)96(24-18-16-14-10-2)80-115(95)93-45-61-103(62-46-93)127(101-57-41-91(42-58-101)89-37-53-99(125)54-38-89)105-65-75-113-111-25-19-21-27-117(111)123(121(113)81-105,119-77-83(5)29-31-85(119)7)97-49-71-109(72-50-97)129-107-67-33-87(11-3)34-68-107/h11-12,19-22,25-82H,3-4,9-10,13-18,23-24H2,1-2,5-8H3. The number of benzene rings is 17. The highest BCUT2D eigenvalue weighted by Crippen LogP contribution is 2.61. The first-order valence-electron chi connectivity index (χ1n) is 46.0. The van der Waals surface area contributed by atoms with E-state index in [1.165, 1.54) is 148 Å². The van der Waals surface area contributed by atoms with Crippen molar-refractivity contribution in [3.8, 4) is 89.8 Å². The van der Waals surface area contributed by atoms with E-state index in [9.17, 15) is 8.78 Å². The van der Waals surface area contributed by atoms with Crippen molar-refractivity contribution in [2.24, 2.45) is 0 Å². The number of hydrogen-bond acceptors (Lipinski definition) is 4. The normalized spacial score (nSPS) is 14.0. The molecule has 0 aromatic heterocycles. The molecular weight excluding hydrogens is 1590 g/mol. The van der Waals surface area contributed by atoms with Crippen LogP contribution in [0.1, 0.15) is 154 Å². The molecule has 0 spiro atoms. The first kappa shape index (κ1) is 84.8. The summed E-state index contributed by atoms with van der Waals surface area (Å²) >= 11 is 0. The molecule has 0 aliphatic heterocycles. The van der Waals surface area contributed by atoms with Crippen LogP contribution >= 0.6 is 0 Å². The maximum atomic E-state index is 14.5. The van der Waals surface area contributed by atoms with E-state index in [-0.39, 0.29) is 11.6 Å². The van der Waals surface area contributed by atoms with Gasteiger partial charge in [0.2, 0.25) is 0 Å². The number of hydrogen-bond donors (Lipinski definition) is 0. The monoisotopic (exact) mass is 1690 g/mol. The van der Waals surface area contributed by atoms with E-state index in [1.807, 2.05) is 84.9 Å². The minimum Gasteiger partial charge on any atom is -0.457 e. The maximum absolute atomic E-state index is 14.5. The van der Waals surface area contributed by atoms with Gasteiger partial charge in [-0.05, 0) is 344 Å². The molecule has 0 amide bonds. The van der Waals surface area contributed by atoms with Crippen molar-refractivity contribution in [1.29, 1.82) is 0 Å². The van der Waals surface area contributed by atoms with Crippen molar-refractivity contribution in [2.75, 3.05) is 9.80 Å². The second kappa shape index (κ2) is 36.9. The van der Waals surface area contributed by atoms with Crippen LogP contribution in [0.25, 0.3) is 78.9 Å². The van der Waals surface area contributed by atoms with Gasteiger partial charge in [0.05, 0.1) is 10.8 Å². The van der Waals surface area contributed by atoms with Gasteiger partial charge in [-0.1, -0.05) is 319 Å². The molecule has 6 heteroatoms. The number of anilines is 6. The average molecular weight is 1690 g/mol. The van der Waals surface area contributed by atoms with E-state index < -0.39 is 10.8 Å². The minimum absolute atomic E-state index is 0.263. The molecule has 130 heavy (non-hydrogen) atoms. The molecule has 0 bridgehead atoms. The topological polar surface area (TPSA) is 24.9 Å². The van der Waals surface area contributed by atoms with Crippen molar-refractivity contribution in [3.63, 3.8) is 0 Å². The first-order valence-corrected chi connectivity index (χ1v) is 46.0. The van der Waals surface area contributed by atoms with Crippen molar-refractivity contribution < 1.29 is 18.3 Å². The van der Waals surface area contributed by atoms with Gasteiger partial charge in [0, 0.05) is 34.1 Å². The largest absolute Gasteiger partial charge is 0.457 e. The lowest BCUT2D eigenvalue weighted by molar-refractivity contribution is 0.482. The average Bonchev–Trinajstić information content (AvgIpc) is 1.55. The Morgan fingerprint density at radius 2 is 0.577 bits per heavy atom. The summed E-state index contributed by atoms with van der Waals surface area (Å²) in [7, 11) is 0. The lowest BCUT2D eigenvalue weighted by Crippen LogP contribution is -2.30. The molecule has 17 aromatic carbocycles. The molecule has 2 aliphatic rings. The van der Waals surface area contributed by atoms with Crippen LogP contribution in [0.4, 0.5) is 42.9 Å². The molecule has 0 N–H and O–H groups in total. The molecule has 0 fully saturated rings. The van der Waals surface area contributed by atoms with Gasteiger partial charge in [0.15, 0.2) is 0 Å². The van der Waals surface area contributed by atoms with Gasteiger partial charge < -0.3 is 19.3 Å². The van der Waals surface area contributed by atoms with E-state index in [4.69, 9.17) is 9.47 Å². The van der Waals surface area contributed by atoms with Crippen LogP contribution in [0.3, 0.4) is 0 Å². The van der Waals surface area contributed by atoms with Crippen LogP contribution in [0.2, 0.25) is 0 Å². The van der Waals surface area contributed by atoms with Crippen LogP contribution in [-0.4, -0.2) is 0 Å². The fourth-order valence-electron chi connectivity index (χ4n) is 20.3. The van der Waals surface area contributed by atoms with Gasteiger partial charge in [-0.25, -0.2) is 8.78 Å². The Kier molecular flexibility index (Phi) is 24.1. The van der Waals surface area contributed by atoms with Crippen LogP contribution in [-0.2, 0) is 23.7 Å². The Morgan fingerprint density at radius 1 is 0.269 bits per heavy atom. The highest BCUT2D eigenvalue weighted by molar-refractivity contribution is 5.93. The van der Waals surface area contributed by atoms with Crippen LogP contribution < -0.4 is 19.3 Å². The Morgan fingerprint density at radius 3 is 0.915 bits per heavy atom. The second-order valence-electron chi connectivity index (χ2n) is 35.1. The van der Waals surface area contributed by atoms with E-state index in [2.05, 4.69) is 344 Å². The summed E-state index contributed by atoms with van der Waals surface area (Å²) in [6.07, 6.45) is 14.6. The van der Waals surface area contributed by atoms with Gasteiger partial charge in [0.1, 0.15) is 34.6 Å². The Bertz CT molecular complexity index is 6560. The summed E-state index contributed by atoms with van der Waals surface area (Å²) in [5.41, 5.74) is 37.2. The lowest BCUT2D eigenvalue weighted by atomic mass is 9.66. The molecule has 0 saturated carbocycles. The molecule has 2 atom stereocenters. The highest BCUT2D eigenvalue weighted by Gasteiger charge is 2.49. The summed E-state index contributed by atoms with van der Waals surface area (Å²) < 4.78 is 42.2. The van der Waals surface area contributed by atoms with Gasteiger partial charge in [-0.15, -0.1) is 0 Å². The van der Waals surface area contributed by atoms with Crippen molar-refractivity contribution in [1.82, 2.24) is 0 Å². The molecule has 17 aromatic rings. The fourth-order valence-corrected chi connectivity index (χ4v) is 20.3. The molecule has 19 rings (SSSR count). The number of aryl methyl sites for hydroxylation is 6. The van der Waals surface area contributed by atoms with Crippen LogP contribution in [0.15, 0.2) is 389 Å². The van der Waals surface area contributed by atoms with Crippen molar-refractivity contribution >= 4 is 46.3 Å². The summed E-state index contributed by atoms with van der Waals surface area (Å²) in [5, 5.41) is 0. The van der Waals surface area contributed by atoms with E-state index in [1.54, 1.807) is 0 Å². The smallest absolute Gasteiger partial charge is 0.127 e. The number of halogens is 2. The van der Waals surface area contributed by atoms with Crippen LogP contribution in [0, 0.1) is 39.3 Å². The number of unbranched alkanes of at least 4 members (excludes halogenated alkanes) is 6. The third-order valence-electron chi connectivity index (χ3n) is 26.9. The third-order valence-corrected chi connectivity index (χ3v) is 26.9. The molecule has 0 saturated heterocycles. The summed E-state index contributed by atoms with van der Waals surface area (Å²) in [4.78, 5) is 4.83. The zero-order valence-corrected chi connectivity index (χ0v) is 74.9. The van der Waals surface area contributed by atoms with Gasteiger partial charge >= 0.3 is 0 Å². The predicted octanol–water partition coefficient (Wildman–Crippen LogP) is 34.6. The Balaban J connectivity index is 0.728. The fraction of sp³-hybridized carbons (Fsp3) is 0.145. The highest BCUT2D eigenvalue weighted by atomic mass is 19.1. The minimum atomic E-state index is -0.734. The second-order valence-corrected chi connectivity index (χ2v) is 35.1. The summed E-state index contributed by atoms with van der Waals surface area (Å²) in [5.74, 6) is 2.49. The number of fused-ring (bicyclic) bond motifs is 6. The zero-order chi connectivity index (χ0) is 89.0. The summed E-state index contributed by atoms with van der Waals surface area (Å²) in [6.45, 7) is 21.4. The van der Waals surface area contributed by atoms with E-state index in [0.29, 0.717) is 0 Å². The molecule has 4 nitrogen and oxygen atoms in total. The zero-order valence-electron chi connectivity index (χ0n) is 74.9. The molecule has 2 aliphatic carbocycles. The lowest BCUT2D eigenvalue weighted by Gasteiger charge is -2.36.